The number of nitrogens with two attached hydrogens (primary N) is 1. The van der Waals surface area contributed by atoms with E-state index in [1.165, 1.54) is 32.4 Å². The first-order valence-electron chi connectivity index (χ1n) is 8.13. The van der Waals surface area contributed by atoms with Gasteiger partial charge in [-0.2, -0.15) is 0 Å². The van der Waals surface area contributed by atoms with Crippen molar-refractivity contribution < 1.29 is 22.7 Å². The van der Waals surface area contributed by atoms with Gasteiger partial charge in [-0.1, -0.05) is 0 Å². The highest BCUT2D eigenvalue weighted by atomic mass is 35.5. The van der Waals surface area contributed by atoms with Crippen LogP contribution in [0.5, 0.6) is 11.5 Å². The number of carbonyl (C=O) groups is 1. The van der Waals surface area contributed by atoms with E-state index in [4.69, 9.17) is 15.2 Å². The van der Waals surface area contributed by atoms with Crippen LogP contribution in [0.3, 0.4) is 0 Å². The molecule has 0 aliphatic carbocycles. The molecule has 8 nitrogen and oxygen atoms in total. The summed E-state index contributed by atoms with van der Waals surface area (Å²) in [5, 5.41) is 2.66. The van der Waals surface area contributed by atoms with Gasteiger partial charge < -0.3 is 20.5 Å². The van der Waals surface area contributed by atoms with Gasteiger partial charge in [0.05, 0.1) is 25.6 Å². The molecular weight excluding hydrogens is 406 g/mol. The predicted molar refractivity (Wildman–Crippen MR) is 111 cm³/mol. The Labute approximate surface area is 170 Å². The van der Waals surface area contributed by atoms with Gasteiger partial charge in [-0.15, -0.1) is 12.4 Å². The van der Waals surface area contributed by atoms with Crippen LogP contribution in [-0.4, -0.2) is 34.6 Å². The van der Waals surface area contributed by atoms with Crippen LogP contribution in [0.2, 0.25) is 0 Å². The third-order valence-electron chi connectivity index (χ3n) is 3.61. The van der Waals surface area contributed by atoms with Crippen LogP contribution >= 0.6 is 12.4 Å². The van der Waals surface area contributed by atoms with Crippen molar-refractivity contribution in [1.82, 2.24) is 4.72 Å². The molecule has 0 aliphatic rings. The van der Waals surface area contributed by atoms with E-state index < -0.39 is 15.9 Å². The molecule has 2 aromatic rings. The molecule has 0 aromatic heterocycles. The van der Waals surface area contributed by atoms with Gasteiger partial charge in [0, 0.05) is 17.7 Å². The summed E-state index contributed by atoms with van der Waals surface area (Å²) in [7, 11) is -0.989. The molecule has 0 fully saturated rings. The summed E-state index contributed by atoms with van der Waals surface area (Å²) in [6.07, 6.45) is 0. The Kier molecular flexibility index (Phi) is 8.10. The quantitative estimate of drug-likeness (QED) is 0.582. The van der Waals surface area contributed by atoms with Gasteiger partial charge in [0.15, 0.2) is 0 Å². The molecule has 0 bridgehead atoms. The molecule has 0 radical (unpaired) electrons. The Morgan fingerprint density at radius 3 is 2.32 bits per heavy atom. The average molecular weight is 430 g/mol. The molecule has 0 unspecified atom stereocenters. The third kappa shape index (κ3) is 5.51. The number of rotatable bonds is 7. The van der Waals surface area contributed by atoms with E-state index in [2.05, 4.69) is 10.0 Å². The zero-order valence-corrected chi connectivity index (χ0v) is 17.6. The Hall–Kier alpha value is -2.49. The van der Waals surface area contributed by atoms with E-state index in [9.17, 15) is 13.2 Å². The van der Waals surface area contributed by atoms with E-state index in [0.717, 1.165) is 0 Å². The Morgan fingerprint density at radius 1 is 1.07 bits per heavy atom. The summed E-state index contributed by atoms with van der Waals surface area (Å²) in [5.74, 6) is 0.151. The fourth-order valence-corrected chi connectivity index (χ4v) is 3.81. The van der Waals surface area contributed by atoms with Gasteiger partial charge in [-0.05, 0) is 44.2 Å². The number of nitrogen functional groups attached to an aromatic ring is 1. The Bertz CT molecular complexity index is 948. The number of carbonyl (C=O) groups excluding carboxylic acids is 1. The third-order valence-corrected chi connectivity index (χ3v) is 5.29. The average Bonchev–Trinajstić information content (AvgIpc) is 2.61. The minimum atomic E-state index is -3.85. The lowest BCUT2D eigenvalue weighted by Crippen LogP contribution is -2.30. The molecule has 0 atom stereocenters. The lowest BCUT2D eigenvalue weighted by molar-refractivity contribution is 0.102. The number of amides is 1. The predicted octanol–water partition coefficient (Wildman–Crippen LogP) is 2.65. The number of nitrogens with one attached hydrogen (secondary N) is 2. The lowest BCUT2D eigenvalue weighted by Gasteiger charge is -2.14. The molecule has 0 aliphatic heterocycles. The lowest BCUT2D eigenvalue weighted by atomic mass is 10.2. The van der Waals surface area contributed by atoms with Crippen molar-refractivity contribution in [2.24, 2.45) is 0 Å². The van der Waals surface area contributed by atoms with Crippen LogP contribution in [0.25, 0.3) is 0 Å². The van der Waals surface area contributed by atoms with Crippen molar-refractivity contribution in [3.63, 3.8) is 0 Å². The number of sulfonamides is 1. The monoisotopic (exact) mass is 429 g/mol. The normalized spacial score (nSPS) is 10.9. The highest BCUT2D eigenvalue weighted by Gasteiger charge is 2.22. The zero-order valence-electron chi connectivity index (χ0n) is 16.0. The topological polar surface area (TPSA) is 120 Å². The maximum atomic E-state index is 12.6. The van der Waals surface area contributed by atoms with Crippen molar-refractivity contribution in [2.45, 2.75) is 24.8 Å². The van der Waals surface area contributed by atoms with Gasteiger partial charge in [0.2, 0.25) is 10.0 Å². The summed E-state index contributed by atoms with van der Waals surface area (Å²) in [5.41, 5.74) is 6.73. The maximum absolute atomic E-state index is 12.6. The number of benzene rings is 2. The molecular formula is C18H24ClN3O5S. The molecule has 4 N–H and O–H groups in total. The number of ether oxygens (including phenoxy) is 2. The molecule has 0 saturated carbocycles. The second-order valence-corrected chi connectivity index (χ2v) is 7.73. The molecule has 0 spiro atoms. The standard InChI is InChI=1S/C18H23N3O5S.ClH/c1-11(2)21-27(23,24)17-9-12(5-8-16(17)26-4)18(22)20-15-10-13(25-3)6-7-14(15)19;/h5-11,21H,19H2,1-4H3,(H,20,22);1H. The first-order valence-corrected chi connectivity index (χ1v) is 9.61. The van der Waals surface area contributed by atoms with Gasteiger partial charge in [-0.3, -0.25) is 4.79 Å². The van der Waals surface area contributed by atoms with Crippen molar-refractivity contribution in [3.8, 4) is 11.5 Å². The number of halogens is 1. The number of hydrogen-bond donors (Lipinski definition) is 3. The molecule has 28 heavy (non-hydrogen) atoms. The van der Waals surface area contributed by atoms with E-state index >= 15 is 0 Å². The highest BCUT2D eigenvalue weighted by Crippen LogP contribution is 2.27. The van der Waals surface area contributed by atoms with E-state index in [-0.39, 0.29) is 34.7 Å². The van der Waals surface area contributed by atoms with E-state index in [1.807, 2.05) is 0 Å². The zero-order chi connectivity index (χ0) is 20.2. The molecule has 0 heterocycles. The Balaban J connectivity index is 0.00000392. The van der Waals surface area contributed by atoms with Gasteiger partial charge >= 0.3 is 0 Å². The van der Waals surface area contributed by atoms with Gasteiger partial charge in [-0.25, -0.2) is 13.1 Å². The van der Waals surface area contributed by atoms with E-state index in [1.54, 1.807) is 32.0 Å². The maximum Gasteiger partial charge on any atom is 0.255 e. The fourth-order valence-electron chi connectivity index (χ4n) is 2.37. The van der Waals surface area contributed by atoms with Crippen molar-refractivity contribution in [3.05, 3.63) is 42.0 Å². The molecule has 2 aromatic carbocycles. The second kappa shape index (κ2) is 9.63. The van der Waals surface area contributed by atoms with E-state index in [0.29, 0.717) is 17.1 Å². The summed E-state index contributed by atoms with van der Waals surface area (Å²) >= 11 is 0. The molecule has 2 rings (SSSR count). The smallest absolute Gasteiger partial charge is 0.255 e. The summed E-state index contributed by atoms with van der Waals surface area (Å²) in [6, 6.07) is 8.70. The Morgan fingerprint density at radius 2 is 1.75 bits per heavy atom. The van der Waals surface area contributed by atoms with Crippen molar-refractivity contribution in [2.75, 3.05) is 25.3 Å². The largest absolute Gasteiger partial charge is 0.497 e. The number of methoxy groups -OCH3 is 2. The fraction of sp³-hybridized carbons (Fsp3) is 0.278. The van der Waals surface area contributed by atoms with Crippen molar-refractivity contribution in [1.29, 1.82) is 0 Å². The molecule has 154 valence electrons. The SMILES string of the molecule is COc1ccc(N)c(NC(=O)c2ccc(OC)c(S(=O)(=O)NC(C)C)c2)c1.Cl. The van der Waals surface area contributed by atoms with Gasteiger partial charge in [0.1, 0.15) is 16.4 Å². The van der Waals surface area contributed by atoms with Crippen LogP contribution in [0.1, 0.15) is 24.2 Å². The molecule has 10 heteroatoms. The number of anilines is 2. The minimum absolute atomic E-state index is 0. The van der Waals surface area contributed by atoms with Crippen molar-refractivity contribution >= 4 is 39.7 Å². The van der Waals surface area contributed by atoms with Crippen LogP contribution in [-0.2, 0) is 10.0 Å². The van der Waals surface area contributed by atoms with Gasteiger partial charge in [0.25, 0.3) is 5.91 Å². The summed E-state index contributed by atoms with van der Waals surface area (Å²) in [4.78, 5) is 12.5. The van der Waals surface area contributed by atoms with Crippen LogP contribution < -0.4 is 25.2 Å². The van der Waals surface area contributed by atoms with Crippen LogP contribution in [0, 0.1) is 0 Å². The first-order chi connectivity index (χ1) is 12.7. The van der Waals surface area contributed by atoms with Crippen LogP contribution in [0.4, 0.5) is 11.4 Å². The second-order valence-electron chi connectivity index (χ2n) is 6.05. The number of hydrogen-bond acceptors (Lipinski definition) is 6. The highest BCUT2D eigenvalue weighted by molar-refractivity contribution is 7.89. The summed E-state index contributed by atoms with van der Waals surface area (Å²) in [6.45, 7) is 3.40. The van der Waals surface area contributed by atoms with Crippen LogP contribution in [0.15, 0.2) is 41.3 Å². The summed E-state index contributed by atoms with van der Waals surface area (Å²) < 4.78 is 37.8. The molecule has 0 saturated heterocycles. The minimum Gasteiger partial charge on any atom is -0.497 e. The molecule has 1 amide bonds. The first kappa shape index (κ1) is 23.5.